The highest BCUT2D eigenvalue weighted by molar-refractivity contribution is 5.25. The highest BCUT2D eigenvalue weighted by Crippen LogP contribution is 2.32. The first kappa shape index (κ1) is 18.4. The number of benzene rings is 3. The maximum Gasteiger partial charge on any atom is 0.188 e. The summed E-state index contributed by atoms with van der Waals surface area (Å²) in [6.07, 6.45) is -2.49. The average molecular weight is 354 g/mol. The molecule has 0 aliphatic rings. The van der Waals surface area contributed by atoms with Crippen molar-refractivity contribution in [3.05, 3.63) is 108 Å². The molecule has 132 valence electrons. The van der Waals surface area contributed by atoms with Crippen LogP contribution >= 0.6 is 0 Å². The molecule has 0 saturated heterocycles. The molecule has 0 heterocycles. The van der Waals surface area contributed by atoms with Gasteiger partial charge in [0, 0.05) is 5.56 Å². The largest absolute Gasteiger partial charge is 0.325 e. The lowest BCUT2D eigenvalue weighted by atomic mass is 10.1. The highest BCUT2D eigenvalue weighted by Gasteiger charge is 2.24. The Morgan fingerprint density at radius 2 is 0.852 bits per heavy atom. The first-order valence-electron chi connectivity index (χ1n) is 8.57. The molecule has 3 aromatic rings. The Morgan fingerprint density at radius 3 is 1.19 bits per heavy atom. The van der Waals surface area contributed by atoms with Crippen LogP contribution < -0.4 is 0 Å². The lowest BCUT2D eigenvalue weighted by Gasteiger charge is -2.24. The molecule has 27 heavy (non-hydrogen) atoms. The molecule has 0 aromatic heterocycles. The molecule has 0 spiro atoms. The zero-order chi connectivity index (χ0) is 18.9. The van der Waals surface area contributed by atoms with Gasteiger partial charge in [0.2, 0.25) is 0 Å². The fraction of sp³-hybridized carbons (Fsp3) is 0.130. The average Bonchev–Trinajstić information content (AvgIpc) is 2.76. The van der Waals surface area contributed by atoms with Crippen LogP contribution in [-0.4, -0.2) is 0 Å². The van der Waals surface area contributed by atoms with Gasteiger partial charge in [-0.25, -0.2) is 0 Å². The number of hydrogen-bond acceptors (Lipinski definition) is 4. The molecule has 0 radical (unpaired) electrons. The summed E-state index contributed by atoms with van der Waals surface area (Å²) < 4.78 is 12.0. The molecule has 2 atom stereocenters. The maximum atomic E-state index is 9.59. The zero-order valence-corrected chi connectivity index (χ0v) is 14.6. The Bertz CT molecular complexity index is 856. The fourth-order valence-electron chi connectivity index (χ4n) is 2.67. The second-order valence-corrected chi connectivity index (χ2v) is 5.85. The summed E-state index contributed by atoms with van der Waals surface area (Å²) in [5.74, 6) is 0. The van der Waals surface area contributed by atoms with E-state index in [2.05, 4.69) is 12.1 Å². The third-order valence-corrected chi connectivity index (χ3v) is 4.03. The lowest BCUT2D eigenvalue weighted by molar-refractivity contribution is -0.181. The Balaban J connectivity index is 1.88. The number of ether oxygens (including phenoxy) is 2. The van der Waals surface area contributed by atoms with Crippen molar-refractivity contribution in [2.24, 2.45) is 0 Å². The van der Waals surface area contributed by atoms with Crippen LogP contribution in [0.5, 0.6) is 0 Å². The quantitative estimate of drug-likeness (QED) is 0.544. The number of hydrogen-bond donors (Lipinski definition) is 0. The molecule has 0 fully saturated rings. The van der Waals surface area contributed by atoms with Crippen LogP contribution in [0, 0.1) is 22.7 Å². The van der Waals surface area contributed by atoms with E-state index < -0.39 is 18.5 Å². The normalized spacial score (nSPS) is 12.7. The monoisotopic (exact) mass is 354 g/mol. The van der Waals surface area contributed by atoms with Crippen molar-refractivity contribution in [3.8, 4) is 12.1 Å². The SMILES string of the molecule is N#C[C@H](OC(O[C@@H](C#N)c1ccccc1)c1ccccc1)c1ccccc1. The lowest BCUT2D eigenvalue weighted by Crippen LogP contribution is -2.15. The van der Waals surface area contributed by atoms with Gasteiger partial charge in [-0.2, -0.15) is 10.5 Å². The minimum absolute atomic E-state index is 0.734. The predicted octanol–water partition coefficient (Wildman–Crippen LogP) is 5.25. The van der Waals surface area contributed by atoms with E-state index in [9.17, 15) is 10.5 Å². The molecule has 3 rings (SSSR count). The Labute approximate surface area is 158 Å². The van der Waals surface area contributed by atoms with Gasteiger partial charge in [-0.3, -0.25) is 0 Å². The third kappa shape index (κ3) is 4.80. The minimum Gasteiger partial charge on any atom is -0.325 e. The van der Waals surface area contributed by atoms with Crippen LogP contribution in [0.1, 0.15) is 35.2 Å². The molecule has 0 aliphatic heterocycles. The summed E-state index contributed by atoms with van der Waals surface area (Å²) in [6, 6.07) is 32.1. The topological polar surface area (TPSA) is 66.0 Å². The first-order valence-corrected chi connectivity index (χ1v) is 8.57. The van der Waals surface area contributed by atoms with Crippen molar-refractivity contribution in [2.75, 3.05) is 0 Å². The van der Waals surface area contributed by atoms with E-state index in [1.807, 2.05) is 91.0 Å². The molecule has 0 saturated carbocycles. The van der Waals surface area contributed by atoms with Crippen LogP contribution in [0.3, 0.4) is 0 Å². The highest BCUT2D eigenvalue weighted by atomic mass is 16.7. The molecule has 0 aliphatic carbocycles. The van der Waals surface area contributed by atoms with E-state index >= 15 is 0 Å². The van der Waals surface area contributed by atoms with Crippen LogP contribution in [0.15, 0.2) is 91.0 Å². The Kier molecular flexibility index (Phi) is 6.33. The fourth-order valence-corrected chi connectivity index (χ4v) is 2.67. The van der Waals surface area contributed by atoms with Crippen LogP contribution in [0.2, 0.25) is 0 Å². The van der Waals surface area contributed by atoms with Crippen molar-refractivity contribution in [3.63, 3.8) is 0 Å². The second-order valence-electron chi connectivity index (χ2n) is 5.85. The zero-order valence-electron chi connectivity index (χ0n) is 14.6. The molecule has 3 aromatic carbocycles. The summed E-state index contributed by atoms with van der Waals surface area (Å²) in [4.78, 5) is 0. The molecule has 0 amide bonds. The standard InChI is InChI=1S/C23H18N2O2/c24-16-21(18-10-4-1-5-11-18)26-23(20-14-8-3-9-15-20)27-22(17-25)19-12-6-2-7-13-19/h1-15,21-23H/t21-,22-/m0/s1. The predicted molar refractivity (Wildman–Crippen MR) is 101 cm³/mol. The van der Waals surface area contributed by atoms with Crippen molar-refractivity contribution < 1.29 is 9.47 Å². The molecule has 0 bridgehead atoms. The van der Waals surface area contributed by atoms with Crippen LogP contribution in [-0.2, 0) is 9.47 Å². The van der Waals surface area contributed by atoms with Crippen molar-refractivity contribution in [1.82, 2.24) is 0 Å². The maximum absolute atomic E-state index is 9.59. The van der Waals surface area contributed by atoms with Crippen molar-refractivity contribution >= 4 is 0 Å². The van der Waals surface area contributed by atoms with Crippen molar-refractivity contribution in [2.45, 2.75) is 18.5 Å². The summed E-state index contributed by atoms with van der Waals surface area (Å²) >= 11 is 0. The van der Waals surface area contributed by atoms with E-state index in [-0.39, 0.29) is 0 Å². The number of nitriles is 2. The van der Waals surface area contributed by atoms with Gasteiger partial charge in [-0.15, -0.1) is 0 Å². The van der Waals surface area contributed by atoms with E-state index in [0.29, 0.717) is 0 Å². The summed E-state index contributed by atoms with van der Waals surface area (Å²) in [5.41, 5.74) is 2.21. The second kappa shape index (κ2) is 9.31. The number of nitrogens with zero attached hydrogens (tertiary/aromatic N) is 2. The Morgan fingerprint density at radius 1 is 0.519 bits per heavy atom. The summed E-state index contributed by atoms with van der Waals surface area (Å²) in [6.45, 7) is 0. The third-order valence-electron chi connectivity index (χ3n) is 4.03. The van der Waals surface area contributed by atoms with Gasteiger partial charge in [0.25, 0.3) is 0 Å². The van der Waals surface area contributed by atoms with Gasteiger partial charge in [-0.05, 0) is 11.1 Å². The molecular formula is C23H18N2O2. The van der Waals surface area contributed by atoms with E-state index in [0.717, 1.165) is 16.7 Å². The van der Waals surface area contributed by atoms with Crippen molar-refractivity contribution in [1.29, 1.82) is 10.5 Å². The smallest absolute Gasteiger partial charge is 0.188 e. The van der Waals surface area contributed by atoms with E-state index in [1.54, 1.807) is 0 Å². The van der Waals surface area contributed by atoms with Gasteiger partial charge in [-0.1, -0.05) is 91.0 Å². The van der Waals surface area contributed by atoms with Gasteiger partial charge in [0.1, 0.15) is 0 Å². The molecular weight excluding hydrogens is 336 g/mol. The molecule has 0 unspecified atom stereocenters. The van der Waals surface area contributed by atoms with Crippen LogP contribution in [0.25, 0.3) is 0 Å². The van der Waals surface area contributed by atoms with Gasteiger partial charge in [0.15, 0.2) is 18.5 Å². The molecule has 0 N–H and O–H groups in total. The Hall–Kier alpha value is -3.44. The first-order chi connectivity index (χ1) is 13.3. The summed E-state index contributed by atoms with van der Waals surface area (Å²) in [5, 5.41) is 19.2. The molecule has 4 heteroatoms. The van der Waals surface area contributed by atoms with E-state index in [4.69, 9.17) is 9.47 Å². The summed E-state index contributed by atoms with van der Waals surface area (Å²) in [7, 11) is 0. The van der Waals surface area contributed by atoms with E-state index in [1.165, 1.54) is 0 Å². The minimum atomic E-state index is -0.860. The van der Waals surface area contributed by atoms with Gasteiger partial charge in [0.05, 0.1) is 12.1 Å². The van der Waals surface area contributed by atoms with Gasteiger partial charge < -0.3 is 9.47 Å². The van der Waals surface area contributed by atoms with Gasteiger partial charge >= 0.3 is 0 Å². The molecule has 4 nitrogen and oxygen atoms in total. The van der Waals surface area contributed by atoms with Crippen LogP contribution in [0.4, 0.5) is 0 Å². The number of rotatable bonds is 7.